The largest absolute Gasteiger partial charge is 0.377 e. The predicted molar refractivity (Wildman–Crippen MR) is 155 cm³/mol. The monoisotopic (exact) mass is 554 g/mol. The summed E-state index contributed by atoms with van der Waals surface area (Å²) in [7, 11) is 0. The summed E-state index contributed by atoms with van der Waals surface area (Å²) in [6.07, 6.45) is 6.71. The van der Waals surface area contributed by atoms with Crippen LogP contribution in [-0.2, 0) is 0 Å². The highest BCUT2D eigenvalue weighted by Crippen LogP contribution is 2.39. The minimum absolute atomic E-state index is 0.0179. The lowest BCUT2D eigenvalue weighted by Crippen LogP contribution is -2.14. The second kappa shape index (κ2) is 10.6. The van der Waals surface area contributed by atoms with Crippen LogP contribution in [0.2, 0.25) is 5.02 Å². The Kier molecular flexibility index (Phi) is 6.90. The SMILES string of the molecule is CC[C@@H](Nc1c(C#N)cnc2c(Cl)cc(N[C@H](c3cn(C4CC4)nn3)c3scnc3C)cc12)c1ccccc1. The van der Waals surface area contributed by atoms with E-state index in [9.17, 15) is 5.26 Å². The Morgan fingerprint density at radius 2 is 2.00 bits per heavy atom. The van der Waals surface area contributed by atoms with Crippen molar-refractivity contribution >= 4 is 45.2 Å². The summed E-state index contributed by atoms with van der Waals surface area (Å²) in [6.45, 7) is 4.12. The minimum Gasteiger partial charge on any atom is -0.377 e. The number of thiazole rings is 1. The lowest BCUT2D eigenvalue weighted by Gasteiger charge is -2.22. The van der Waals surface area contributed by atoms with Crippen LogP contribution in [-0.4, -0.2) is 25.0 Å². The number of halogens is 1. The van der Waals surface area contributed by atoms with Crippen molar-refractivity contribution in [3.63, 3.8) is 0 Å². The highest BCUT2D eigenvalue weighted by atomic mass is 35.5. The van der Waals surface area contributed by atoms with Crippen LogP contribution in [0.25, 0.3) is 10.9 Å². The summed E-state index contributed by atoms with van der Waals surface area (Å²) in [5.41, 5.74) is 7.36. The van der Waals surface area contributed by atoms with Crippen molar-refractivity contribution < 1.29 is 0 Å². The van der Waals surface area contributed by atoms with Gasteiger partial charge >= 0.3 is 0 Å². The maximum absolute atomic E-state index is 9.97. The van der Waals surface area contributed by atoms with E-state index in [2.05, 4.69) is 56.0 Å². The van der Waals surface area contributed by atoms with Crippen molar-refractivity contribution in [1.29, 1.82) is 5.26 Å². The number of hydrogen-bond donors (Lipinski definition) is 2. The van der Waals surface area contributed by atoms with E-state index >= 15 is 0 Å². The molecular weight excluding hydrogens is 528 g/mol. The molecule has 1 aliphatic carbocycles. The van der Waals surface area contributed by atoms with Crippen LogP contribution in [0.1, 0.15) is 71.7 Å². The quantitative estimate of drug-likeness (QED) is 0.198. The number of benzene rings is 2. The molecule has 2 aromatic carbocycles. The molecule has 39 heavy (non-hydrogen) atoms. The first-order valence-corrected chi connectivity index (χ1v) is 14.2. The van der Waals surface area contributed by atoms with Crippen LogP contribution < -0.4 is 10.6 Å². The molecule has 10 heteroatoms. The third-order valence-electron chi connectivity index (χ3n) is 7.07. The van der Waals surface area contributed by atoms with Gasteiger partial charge < -0.3 is 10.6 Å². The van der Waals surface area contributed by atoms with E-state index in [1.165, 1.54) is 0 Å². The zero-order chi connectivity index (χ0) is 26.9. The molecule has 0 saturated heterocycles. The number of aryl methyl sites for hydroxylation is 1. The highest BCUT2D eigenvalue weighted by molar-refractivity contribution is 7.09. The Labute approximate surface area is 235 Å². The van der Waals surface area contributed by atoms with E-state index in [4.69, 9.17) is 11.6 Å². The van der Waals surface area contributed by atoms with Gasteiger partial charge in [0.15, 0.2) is 0 Å². The highest BCUT2D eigenvalue weighted by Gasteiger charge is 2.28. The number of hydrogen-bond acceptors (Lipinski definition) is 8. The number of rotatable bonds is 9. The van der Waals surface area contributed by atoms with Crippen LogP contribution in [0.5, 0.6) is 0 Å². The normalized spacial score (nSPS) is 14.6. The molecule has 196 valence electrons. The van der Waals surface area contributed by atoms with Crippen LogP contribution in [0.15, 0.2) is 60.4 Å². The molecule has 0 bridgehead atoms. The number of anilines is 2. The third-order valence-corrected chi connectivity index (χ3v) is 8.36. The topological polar surface area (TPSA) is 104 Å². The van der Waals surface area contributed by atoms with E-state index in [0.29, 0.717) is 27.8 Å². The lowest BCUT2D eigenvalue weighted by atomic mass is 10.0. The van der Waals surface area contributed by atoms with Gasteiger partial charge in [-0.15, -0.1) is 16.4 Å². The Morgan fingerprint density at radius 3 is 2.69 bits per heavy atom. The molecule has 1 fully saturated rings. The number of pyridine rings is 1. The standard InChI is InChI=1S/C29H27ClN8S/c1-3-24(18-7-5-4-6-8-18)35-26-19(13-31)14-32-27-22(26)11-20(12-23(27)30)34-28(29-17(2)33-16-39-29)25-15-38(37-36-25)21-9-10-21/h4-8,11-12,14-16,21,24,28,34H,3,9-10H2,1-2H3,(H,32,35)/t24-,28-/m1/s1. The second-order valence-electron chi connectivity index (χ2n) is 9.76. The number of aromatic nitrogens is 5. The van der Waals surface area contributed by atoms with Gasteiger partial charge in [-0.25, -0.2) is 9.67 Å². The van der Waals surface area contributed by atoms with Crippen LogP contribution in [0.3, 0.4) is 0 Å². The molecule has 6 rings (SSSR count). The maximum Gasteiger partial charge on any atom is 0.110 e. The maximum atomic E-state index is 9.97. The van der Waals surface area contributed by atoms with Gasteiger partial charge in [0.25, 0.3) is 0 Å². The Balaban J connectivity index is 1.42. The van der Waals surface area contributed by atoms with Crippen molar-refractivity contribution in [1.82, 2.24) is 25.0 Å². The van der Waals surface area contributed by atoms with Crippen LogP contribution >= 0.6 is 22.9 Å². The van der Waals surface area contributed by atoms with Gasteiger partial charge in [0.2, 0.25) is 0 Å². The average Bonchev–Trinajstić information content (AvgIpc) is 3.53. The zero-order valence-corrected chi connectivity index (χ0v) is 23.2. The second-order valence-corrected chi connectivity index (χ2v) is 11.1. The van der Waals surface area contributed by atoms with Crippen LogP contribution in [0.4, 0.5) is 11.4 Å². The number of nitriles is 1. The Morgan fingerprint density at radius 1 is 1.18 bits per heavy atom. The van der Waals surface area contributed by atoms with E-state index < -0.39 is 0 Å². The van der Waals surface area contributed by atoms with Crippen molar-refractivity contribution in [2.75, 3.05) is 10.6 Å². The fourth-order valence-electron chi connectivity index (χ4n) is 4.83. The summed E-state index contributed by atoms with van der Waals surface area (Å²) < 4.78 is 1.95. The summed E-state index contributed by atoms with van der Waals surface area (Å²) >= 11 is 8.38. The van der Waals surface area contributed by atoms with E-state index in [0.717, 1.165) is 52.2 Å². The molecule has 0 radical (unpaired) electrons. The molecule has 8 nitrogen and oxygen atoms in total. The number of nitrogens with one attached hydrogen (secondary N) is 2. The molecule has 3 aromatic heterocycles. The smallest absolute Gasteiger partial charge is 0.110 e. The molecule has 5 aromatic rings. The molecule has 1 saturated carbocycles. The van der Waals surface area contributed by atoms with Crippen molar-refractivity contribution in [2.24, 2.45) is 0 Å². The van der Waals surface area contributed by atoms with Crippen molar-refractivity contribution in [3.8, 4) is 6.07 Å². The summed E-state index contributed by atoms with van der Waals surface area (Å²) in [5, 5.41) is 27.4. The van der Waals surface area contributed by atoms with Gasteiger partial charge in [0, 0.05) is 17.3 Å². The fourth-order valence-corrected chi connectivity index (χ4v) is 5.96. The van der Waals surface area contributed by atoms with Gasteiger partial charge in [-0.3, -0.25) is 4.98 Å². The van der Waals surface area contributed by atoms with E-state index in [-0.39, 0.29) is 12.1 Å². The van der Waals surface area contributed by atoms with Crippen molar-refractivity contribution in [2.45, 2.75) is 51.2 Å². The minimum atomic E-state index is -0.255. The van der Waals surface area contributed by atoms with Gasteiger partial charge in [-0.2, -0.15) is 5.26 Å². The van der Waals surface area contributed by atoms with Crippen LogP contribution in [0, 0.1) is 18.3 Å². The predicted octanol–water partition coefficient (Wildman–Crippen LogP) is 7.22. The Hall–Kier alpha value is -4.00. The van der Waals surface area contributed by atoms with E-state index in [1.807, 2.05) is 53.6 Å². The zero-order valence-electron chi connectivity index (χ0n) is 21.6. The molecule has 2 N–H and O–H groups in total. The number of nitrogens with zero attached hydrogens (tertiary/aromatic N) is 6. The molecule has 1 aliphatic rings. The van der Waals surface area contributed by atoms with E-state index in [1.54, 1.807) is 17.5 Å². The first-order chi connectivity index (χ1) is 19.1. The first kappa shape index (κ1) is 25.3. The summed E-state index contributed by atoms with van der Waals surface area (Å²) in [4.78, 5) is 10.1. The first-order valence-electron chi connectivity index (χ1n) is 13.0. The van der Waals surface area contributed by atoms with Gasteiger partial charge in [-0.1, -0.05) is 54.1 Å². The third kappa shape index (κ3) is 5.05. The fraction of sp³-hybridized carbons (Fsp3) is 0.276. The molecular formula is C29H27ClN8S. The lowest BCUT2D eigenvalue weighted by molar-refractivity contribution is 0.610. The summed E-state index contributed by atoms with van der Waals surface area (Å²) in [6, 6.07) is 16.6. The van der Waals surface area contributed by atoms with Gasteiger partial charge in [0.05, 0.1) is 56.2 Å². The molecule has 0 unspecified atom stereocenters. The molecule has 3 heterocycles. The summed E-state index contributed by atoms with van der Waals surface area (Å²) in [5.74, 6) is 0. The number of fused-ring (bicyclic) bond motifs is 1. The molecule has 0 amide bonds. The molecule has 2 atom stereocenters. The Bertz CT molecular complexity index is 1670. The molecule has 0 spiro atoms. The van der Waals surface area contributed by atoms with Gasteiger partial charge in [-0.05, 0) is 43.9 Å². The average molecular weight is 555 g/mol. The van der Waals surface area contributed by atoms with Gasteiger partial charge in [0.1, 0.15) is 17.8 Å². The van der Waals surface area contributed by atoms with Crippen molar-refractivity contribution in [3.05, 3.63) is 92.8 Å². The molecule has 0 aliphatic heterocycles.